The van der Waals surface area contributed by atoms with E-state index in [1.54, 1.807) is 0 Å². The van der Waals surface area contributed by atoms with Gasteiger partial charge in [-0.3, -0.25) is 10.1 Å². The molecule has 0 aliphatic carbocycles. The van der Waals surface area contributed by atoms with Crippen LogP contribution in [0.5, 0.6) is 11.5 Å². The molecule has 0 aliphatic heterocycles. The summed E-state index contributed by atoms with van der Waals surface area (Å²) in [6.45, 7) is 0. The zero-order chi connectivity index (χ0) is 14.8. The highest BCUT2D eigenvalue weighted by Crippen LogP contribution is 2.41. The number of ether oxygens (including phenoxy) is 2. The van der Waals surface area contributed by atoms with Crippen molar-refractivity contribution in [3.05, 3.63) is 27.8 Å². The van der Waals surface area contributed by atoms with Crippen molar-refractivity contribution in [3.63, 3.8) is 0 Å². The van der Waals surface area contributed by atoms with Crippen molar-refractivity contribution in [1.82, 2.24) is 0 Å². The van der Waals surface area contributed by atoms with Crippen molar-refractivity contribution in [2.24, 2.45) is 5.73 Å². The Hall–Kier alpha value is -2.03. The Labute approximate surface area is 106 Å². The number of nitro groups is 1. The van der Waals surface area contributed by atoms with Gasteiger partial charge in [0.15, 0.2) is 11.5 Å². The van der Waals surface area contributed by atoms with Crippen LogP contribution in [0.2, 0.25) is 0 Å². The first-order chi connectivity index (χ1) is 8.72. The molecule has 6 nitrogen and oxygen atoms in total. The van der Waals surface area contributed by atoms with Crippen LogP contribution in [0.4, 0.5) is 18.9 Å². The van der Waals surface area contributed by atoms with Crippen LogP contribution < -0.4 is 15.2 Å². The summed E-state index contributed by atoms with van der Waals surface area (Å²) < 4.78 is 47.3. The van der Waals surface area contributed by atoms with E-state index in [1.165, 1.54) is 14.2 Å². The van der Waals surface area contributed by atoms with E-state index >= 15 is 0 Å². The van der Waals surface area contributed by atoms with Crippen LogP contribution in [0, 0.1) is 10.1 Å². The van der Waals surface area contributed by atoms with Crippen molar-refractivity contribution in [3.8, 4) is 11.5 Å². The number of nitrogens with zero attached hydrogens (tertiary/aromatic N) is 1. The Morgan fingerprint density at radius 2 is 1.74 bits per heavy atom. The standard InChI is InChI=1S/C10H11F3N2O4/c1-18-7-3-5(9(14)10(11,12)13)6(15(16)17)4-8(7)19-2/h3-4,9H,14H2,1-2H3/t9-/m1/s1. The lowest BCUT2D eigenvalue weighted by Gasteiger charge is -2.17. The number of methoxy groups -OCH3 is 2. The van der Waals surface area contributed by atoms with Gasteiger partial charge in [-0.05, 0) is 6.07 Å². The first-order valence-electron chi connectivity index (χ1n) is 4.95. The van der Waals surface area contributed by atoms with Crippen molar-refractivity contribution in [2.75, 3.05) is 14.2 Å². The molecule has 0 aromatic heterocycles. The van der Waals surface area contributed by atoms with Gasteiger partial charge in [0, 0.05) is 0 Å². The fraction of sp³-hybridized carbons (Fsp3) is 0.400. The van der Waals surface area contributed by atoms with E-state index in [4.69, 9.17) is 15.2 Å². The van der Waals surface area contributed by atoms with Gasteiger partial charge >= 0.3 is 6.18 Å². The molecular weight excluding hydrogens is 269 g/mol. The number of rotatable bonds is 4. The number of nitro benzene ring substituents is 1. The van der Waals surface area contributed by atoms with Crippen molar-refractivity contribution < 1.29 is 27.6 Å². The fourth-order valence-corrected chi connectivity index (χ4v) is 1.47. The van der Waals surface area contributed by atoms with Gasteiger partial charge in [0.2, 0.25) is 0 Å². The normalized spacial score (nSPS) is 12.9. The smallest absolute Gasteiger partial charge is 0.407 e. The average Bonchev–Trinajstić information content (AvgIpc) is 2.34. The van der Waals surface area contributed by atoms with Crippen molar-refractivity contribution in [2.45, 2.75) is 12.2 Å². The molecule has 0 radical (unpaired) electrons. The minimum atomic E-state index is -4.80. The van der Waals surface area contributed by atoms with Gasteiger partial charge in [0.25, 0.3) is 5.69 Å². The van der Waals surface area contributed by atoms with Crippen LogP contribution in [0.1, 0.15) is 11.6 Å². The molecule has 0 spiro atoms. The van der Waals surface area contributed by atoms with Crippen LogP contribution in [0.15, 0.2) is 12.1 Å². The predicted octanol–water partition coefficient (Wildman–Crippen LogP) is 2.17. The third-order valence-electron chi connectivity index (χ3n) is 2.42. The minimum absolute atomic E-state index is 0.0488. The number of hydrogen-bond donors (Lipinski definition) is 1. The number of halogens is 3. The number of alkyl halides is 3. The lowest BCUT2D eigenvalue weighted by molar-refractivity contribution is -0.386. The number of hydrogen-bond acceptors (Lipinski definition) is 5. The molecule has 2 N–H and O–H groups in total. The highest BCUT2D eigenvalue weighted by Gasteiger charge is 2.42. The SMILES string of the molecule is COc1cc([C@@H](N)C(F)(F)F)c([N+](=O)[O-])cc1OC. The van der Waals surface area contributed by atoms with Crippen LogP contribution in [0.25, 0.3) is 0 Å². The van der Waals surface area contributed by atoms with Gasteiger partial charge in [0.1, 0.15) is 6.04 Å². The molecule has 1 aromatic carbocycles. The molecule has 0 saturated carbocycles. The molecule has 1 atom stereocenters. The molecule has 0 aliphatic rings. The van der Waals surface area contributed by atoms with E-state index in [-0.39, 0.29) is 11.5 Å². The van der Waals surface area contributed by atoms with E-state index in [1.807, 2.05) is 0 Å². The molecule has 19 heavy (non-hydrogen) atoms. The van der Waals surface area contributed by atoms with E-state index in [0.717, 1.165) is 12.1 Å². The molecule has 1 aromatic rings. The molecule has 0 amide bonds. The summed E-state index contributed by atoms with van der Waals surface area (Å²) in [5.41, 5.74) is 3.54. The average molecular weight is 280 g/mol. The Kier molecular flexibility index (Phi) is 4.20. The molecule has 0 fully saturated rings. The molecule has 1 rings (SSSR count). The van der Waals surface area contributed by atoms with Crippen LogP contribution >= 0.6 is 0 Å². The van der Waals surface area contributed by atoms with E-state index in [0.29, 0.717) is 0 Å². The third kappa shape index (κ3) is 3.05. The Balaban J connectivity index is 3.48. The summed E-state index contributed by atoms with van der Waals surface area (Å²) in [7, 11) is 2.41. The summed E-state index contributed by atoms with van der Waals surface area (Å²) in [4.78, 5) is 9.85. The van der Waals surface area contributed by atoms with Crippen LogP contribution in [0.3, 0.4) is 0 Å². The monoisotopic (exact) mass is 280 g/mol. The summed E-state index contributed by atoms with van der Waals surface area (Å²) in [5.74, 6) is -0.116. The topological polar surface area (TPSA) is 87.6 Å². The molecule has 0 bridgehead atoms. The Morgan fingerprint density at radius 3 is 2.11 bits per heavy atom. The van der Waals surface area contributed by atoms with Gasteiger partial charge in [-0.2, -0.15) is 13.2 Å². The maximum atomic E-state index is 12.6. The molecule has 9 heteroatoms. The zero-order valence-corrected chi connectivity index (χ0v) is 10.0. The molecule has 106 valence electrons. The van der Waals surface area contributed by atoms with Gasteiger partial charge in [0.05, 0.1) is 30.8 Å². The summed E-state index contributed by atoms with van der Waals surface area (Å²) in [6.07, 6.45) is -4.80. The highest BCUT2D eigenvalue weighted by atomic mass is 19.4. The lowest BCUT2D eigenvalue weighted by Crippen LogP contribution is -2.29. The van der Waals surface area contributed by atoms with E-state index in [2.05, 4.69) is 0 Å². The van der Waals surface area contributed by atoms with Gasteiger partial charge in [-0.1, -0.05) is 0 Å². The minimum Gasteiger partial charge on any atom is -0.493 e. The molecule has 0 unspecified atom stereocenters. The van der Waals surface area contributed by atoms with Gasteiger partial charge in [-0.25, -0.2) is 0 Å². The highest BCUT2D eigenvalue weighted by molar-refractivity contribution is 5.55. The second-order valence-electron chi connectivity index (χ2n) is 3.54. The van der Waals surface area contributed by atoms with Gasteiger partial charge in [-0.15, -0.1) is 0 Å². The maximum absolute atomic E-state index is 12.6. The predicted molar refractivity (Wildman–Crippen MR) is 59.2 cm³/mol. The Bertz CT molecular complexity index is 490. The molecule has 0 saturated heterocycles. The van der Waals surface area contributed by atoms with Crippen molar-refractivity contribution >= 4 is 5.69 Å². The van der Waals surface area contributed by atoms with Gasteiger partial charge < -0.3 is 15.2 Å². The Morgan fingerprint density at radius 1 is 1.26 bits per heavy atom. The number of nitrogens with two attached hydrogens (primary N) is 1. The molecule has 0 heterocycles. The van der Waals surface area contributed by atoms with Crippen LogP contribution in [-0.4, -0.2) is 25.3 Å². The van der Waals surface area contributed by atoms with Crippen LogP contribution in [-0.2, 0) is 0 Å². The zero-order valence-electron chi connectivity index (χ0n) is 10.0. The summed E-state index contributed by atoms with van der Waals surface area (Å²) in [6, 6.07) is -0.776. The second kappa shape index (κ2) is 5.31. The van der Waals surface area contributed by atoms with E-state index in [9.17, 15) is 23.3 Å². The maximum Gasteiger partial charge on any atom is 0.407 e. The fourth-order valence-electron chi connectivity index (χ4n) is 1.47. The second-order valence-corrected chi connectivity index (χ2v) is 3.54. The third-order valence-corrected chi connectivity index (χ3v) is 2.42. The largest absolute Gasteiger partial charge is 0.493 e. The lowest BCUT2D eigenvalue weighted by atomic mass is 10.0. The quantitative estimate of drug-likeness (QED) is 0.674. The van der Waals surface area contributed by atoms with E-state index < -0.39 is 28.4 Å². The summed E-state index contributed by atoms with van der Waals surface area (Å²) >= 11 is 0. The van der Waals surface area contributed by atoms with Crippen molar-refractivity contribution in [1.29, 1.82) is 0 Å². The molecular formula is C10H11F3N2O4. The first-order valence-corrected chi connectivity index (χ1v) is 4.95. The number of benzene rings is 1. The summed E-state index contributed by atoms with van der Waals surface area (Å²) in [5, 5.41) is 10.8. The first kappa shape index (κ1) is 15.0.